The molecule has 2 aromatic carbocycles. The zero-order chi connectivity index (χ0) is 21.5. The van der Waals surface area contributed by atoms with E-state index in [1.165, 1.54) is 35.4 Å². The largest absolute Gasteiger partial charge is 0.495 e. The molecule has 10 nitrogen and oxygen atoms in total. The van der Waals surface area contributed by atoms with E-state index in [2.05, 4.69) is 15.4 Å². The molecule has 0 atom stereocenters. The Hall–Kier alpha value is -3.95. The smallest absolute Gasteiger partial charge is 0.329 e. The predicted octanol–water partition coefficient (Wildman–Crippen LogP) is 1.40. The van der Waals surface area contributed by atoms with Gasteiger partial charge in [0.25, 0.3) is 5.69 Å². The average molecular weight is 411 g/mol. The van der Waals surface area contributed by atoms with Gasteiger partial charge in [-0.15, -0.1) is 0 Å². The van der Waals surface area contributed by atoms with Gasteiger partial charge in [0.2, 0.25) is 0 Å². The molecule has 0 aliphatic carbocycles. The maximum atomic E-state index is 12.3. The molecule has 1 N–H and O–H groups in total. The zero-order valence-corrected chi connectivity index (χ0v) is 16.4. The first-order valence-electron chi connectivity index (χ1n) is 9.24. The topological polar surface area (TPSA) is 117 Å². The fourth-order valence-corrected chi connectivity index (χ4v) is 3.08. The lowest BCUT2D eigenvalue weighted by Gasteiger charge is -2.36. The van der Waals surface area contributed by atoms with Crippen molar-refractivity contribution in [2.45, 2.75) is 0 Å². The van der Waals surface area contributed by atoms with Gasteiger partial charge in [-0.1, -0.05) is 12.1 Å². The predicted molar refractivity (Wildman–Crippen MR) is 111 cm³/mol. The van der Waals surface area contributed by atoms with Gasteiger partial charge in [0, 0.05) is 38.3 Å². The van der Waals surface area contributed by atoms with E-state index in [0.29, 0.717) is 31.7 Å². The number of nitrogens with zero attached hydrogens (tertiary/aromatic N) is 4. The van der Waals surface area contributed by atoms with Gasteiger partial charge in [-0.2, -0.15) is 5.10 Å². The van der Waals surface area contributed by atoms with E-state index in [1.54, 1.807) is 7.11 Å². The summed E-state index contributed by atoms with van der Waals surface area (Å²) in [5.74, 6) is -0.731. The van der Waals surface area contributed by atoms with E-state index in [9.17, 15) is 19.7 Å². The summed E-state index contributed by atoms with van der Waals surface area (Å²) >= 11 is 0. The quantitative estimate of drug-likeness (QED) is 0.344. The van der Waals surface area contributed by atoms with Gasteiger partial charge in [-0.25, -0.2) is 5.43 Å². The zero-order valence-electron chi connectivity index (χ0n) is 16.4. The second kappa shape index (κ2) is 9.50. The van der Waals surface area contributed by atoms with Gasteiger partial charge in [-0.3, -0.25) is 19.7 Å². The number of hydrogen-bond acceptors (Lipinski definition) is 7. The number of ether oxygens (including phenoxy) is 1. The summed E-state index contributed by atoms with van der Waals surface area (Å²) in [4.78, 5) is 38.1. The summed E-state index contributed by atoms with van der Waals surface area (Å²) < 4.78 is 5.37. The van der Waals surface area contributed by atoms with E-state index >= 15 is 0 Å². The molecular weight excluding hydrogens is 390 g/mol. The minimum absolute atomic E-state index is 0.0429. The summed E-state index contributed by atoms with van der Waals surface area (Å²) in [6.07, 6.45) is 1.31. The molecule has 2 aromatic rings. The van der Waals surface area contributed by atoms with Crippen molar-refractivity contribution in [1.82, 2.24) is 10.3 Å². The monoisotopic (exact) mass is 411 g/mol. The Morgan fingerprint density at radius 2 is 1.77 bits per heavy atom. The van der Waals surface area contributed by atoms with Gasteiger partial charge in [0.15, 0.2) is 0 Å². The maximum Gasteiger partial charge on any atom is 0.329 e. The van der Waals surface area contributed by atoms with Gasteiger partial charge in [0.05, 0.1) is 23.9 Å². The van der Waals surface area contributed by atoms with Gasteiger partial charge in [0.1, 0.15) is 5.75 Å². The molecule has 30 heavy (non-hydrogen) atoms. The van der Waals surface area contributed by atoms with E-state index in [0.717, 1.165) is 11.4 Å². The van der Waals surface area contributed by atoms with E-state index in [1.807, 2.05) is 24.3 Å². The lowest BCUT2D eigenvalue weighted by molar-refractivity contribution is -0.384. The molecule has 0 bridgehead atoms. The highest BCUT2D eigenvalue weighted by Crippen LogP contribution is 2.28. The molecule has 1 aliphatic rings. The van der Waals surface area contributed by atoms with Crippen molar-refractivity contribution < 1.29 is 19.2 Å². The number of para-hydroxylation sites is 2. The minimum Gasteiger partial charge on any atom is -0.495 e. The van der Waals surface area contributed by atoms with Crippen LogP contribution in [-0.2, 0) is 9.59 Å². The number of rotatable bonds is 5. The van der Waals surface area contributed by atoms with Crippen molar-refractivity contribution in [2.75, 3.05) is 38.2 Å². The molecule has 3 rings (SSSR count). The highest BCUT2D eigenvalue weighted by atomic mass is 16.6. The van der Waals surface area contributed by atoms with Crippen LogP contribution in [0.1, 0.15) is 5.56 Å². The number of methoxy groups -OCH3 is 1. The number of nitro groups is 1. The number of hydrazone groups is 1. The number of nitro benzene ring substituents is 1. The summed E-state index contributed by atoms with van der Waals surface area (Å²) in [6, 6.07) is 13.3. The van der Waals surface area contributed by atoms with E-state index < -0.39 is 16.7 Å². The van der Waals surface area contributed by atoms with Gasteiger partial charge < -0.3 is 14.5 Å². The first-order valence-corrected chi connectivity index (χ1v) is 9.24. The lowest BCUT2D eigenvalue weighted by atomic mass is 10.2. The second-order valence-corrected chi connectivity index (χ2v) is 6.50. The number of carbonyl (C=O) groups is 2. The molecule has 10 heteroatoms. The molecule has 1 fully saturated rings. The van der Waals surface area contributed by atoms with E-state index in [4.69, 9.17) is 4.74 Å². The number of piperazine rings is 1. The highest BCUT2D eigenvalue weighted by Gasteiger charge is 2.26. The van der Waals surface area contributed by atoms with Crippen LogP contribution in [0.5, 0.6) is 5.75 Å². The molecule has 156 valence electrons. The lowest BCUT2D eigenvalue weighted by Crippen LogP contribution is -2.52. The molecule has 2 amide bonds. The number of benzene rings is 2. The number of hydrogen-bond donors (Lipinski definition) is 1. The number of amides is 2. The Morgan fingerprint density at radius 1 is 1.10 bits per heavy atom. The van der Waals surface area contributed by atoms with Crippen molar-refractivity contribution in [3.63, 3.8) is 0 Å². The first-order chi connectivity index (χ1) is 14.5. The third-order valence-electron chi connectivity index (χ3n) is 4.67. The molecule has 0 aromatic heterocycles. The summed E-state index contributed by atoms with van der Waals surface area (Å²) in [5.41, 5.74) is 3.66. The molecule has 1 heterocycles. The molecule has 0 saturated carbocycles. The van der Waals surface area contributed by atoms with Crippen molar-refractivity contribution >= 4 is 29.4 Å². The standard InChI is InChI=1S/C20H21N5O5/c1-30-18-5-3-2-4-17(18)23-10-12-24(13-11-23)20(27)19(26)22-21-14-15-6-8-16(9-7-15)25(28)29/h2-9,14H,10-13H2,1H3,(H,22,26). The normalized spacial score (nSPS) is 13.9. The van der Waals surface area contributed by atoms with Crippen molar-refractivity contribution in [1.29, 1.82) is 0 Å². The van der Waals surface area contributed by atoms with Crippen LogP contribution in [0.25, 0.3) is 0 Å². The van der Waals surface area contributed by atoms with Crippen molar-refractivity contribution in [3.05, 3.63) is 64.2 Å². The number of non-ortho nitro benzene ring substituents is 1. The number of nitrogens with one attached hydrogen (secondary N) is 1. The van der Waals surface area contributed by atoms with Crippen LogP contribution in [0.15, 0.2) is 53.6 Å². The molecule has 1 aliphatic heterocycles. The maximum absolute atomic E-state index is 12.3. The van der Waals surface area contributed by atoms with Crippen molar-refractivity contribution in [2.24, 2.45) is 5.10 Å². The third-order valence-corrected chi connectivity index (χ3v) is 4.67. The van der Waals surface area contributed by atoms with Gasteiger partial charge in [-0.05, 0) is 29.8 Å². The molecule has 0 unspecified atom stereocenters. The molecule has 0 radical (unpaired) electrons. The number of anilines is 1. The van der Waals surface area contributed by atoms with Crippen molar-refractivity contribution in [3.8, 4) is 5.75 Å². The number of carbonyl (C=O) groups excluding carboxylic acids is 2. The van der Waals surface area contributed by atoms with Crippen LogP contribution in [0.2, 0.25) is 0 Å². The third kappa shape index (κ3) is 4.90. The van der Waals surface area contributed by atoms with E-state index in [-0.39, 0.29) is 5.69 Å². The summed E-state index contributed by atoms with van der Waals surface area (Å²) in [7, 11) is 1.61. The Morgan fingerprint density at radius 3 is 2.40 bits per heavy atom. The molecular formula is C20H21N5O5. The Bertz CT molecular complexity index is 952. The fourth-order valence-electron chi connectivity index (χ4n) is 3.08. The molecule has 0 spiro atoms. The molecule has 1 saturated heterocycles. The van der Waals surface area contributed by atoms with Crippen LogP contribution in [-0.4, -0.2) is 61.1 Å². The highest BCUT2D eigenvalue weighted by molar-refractivity contribution is 6.35. The Labute approximate surface area is 172 Å². The Kier molecular flexibility index (Phi) is 6.58. The SMILES string of the molecule is COc1ccccc1N1CCN(C(=O)C(=O)NN=Cc2ccc([N+](=O)[O-])cc2)CC1. The van der Waals surface area contributed by atoms with Crippen LogP contribution in [0.3, 0.4) is 0 Å². The minimum atomic E-state index is -0.834. The van der Waals surface area contributed by atoms with Crippen LogP contribution < -0.4 is 15.1 Å². The fraction of sp³-hybridized carbons (Fsp3) is 0.250. The van der Waals surface area contributed by atoms with Crippen LogP contribution >= 0.6 is 0 Å². The van der Waals surface area contributed by atoms with Gasteiger partial charge >= 0.3 is 11.8 Å². The first kappa shape index (κ1) is 20.8. The second-order valence-electron chi connectivity index (χ2n) is 6.50. The average Bonchev–Trinajstić information content (AvgIpc) is 2.79. The van der Waals surface area contributed by atoms with Crippen LogP contribution in [0, 0.1) is 10.1 Å². The Balaban J connectivity index is 1.51. The summed E-state index contributed by atoms with van der Waals surface area (Å²) in [5, 5.41) is 14.4. The summed E-state index contributed by atoms with van der Waals surface area (Å²) in [6.45, 7) is 1.95. The van der Waals surface area contributed by atoms with Crippen LogP contribution in [0.4, 0.5) is 11.4 Å².